The van der Waals surface area contributed by atoms with Crippen molar-refractivity contribution in [1.29, 1.82) is 0 Å². The summed E-state index contributed by atoms with van der Waals surface area (Å²) in [5.41, 5.74) is 0.663. The van der Waals surface area contributed by atoms with Gasteiger partial charge in [0.15, 0.2) is 5.69 Å². The summed E-state index contributed by atoms with van der Waals surface area (Å²) in [6.45, 7) is 1.86. The highest BCUT2D eigenvalue weighted by molar-refractivity contribution is 7.12. The lowest BCUT2D eigenvalue weighted by molar-refractivity contribution is 0.0787. The lowest BCUT2D eigenvalue weighted by atomic mass is 9.85. The normalized spacial score (nSPS) is 20.2. The van der Waals surface area contributed by atoms with E-state index in [1.807, 2.05) is 34.5 Å². The molecule has 1 unspecified atom stereocenters. The summed E-state index contributed by atoms with van der Waals surface area (Å²) in [6, 6.07) is 11.0. The molecule has 0 bridgehead atoms. The number of carbonyl (C=O) groups is 1. The first kappa shape index (κ1) is 18.1. The van der Waals surface area contributed by atoms with E-state index < -0.39 is 0 Å². The molecule has 0 radical (unpaired) electrons. The maximum absolute atomic E-state index is 13.1. The van der Waals surface area contributed by atoms with E-state index in [0.717, 1.165) is 29.0 Å². The van der Waals surface area contributed by atoms with Gasteiger partial charge in [-0.25, -0.2) is 0 Å². The minimum atomic E-state index is -0.280. The van der Waals surface area contributed by atoms with Gasteiger partial charge in [0.05, 0.1) is 17.4 Å². The zero-order chi connectivity index (χ0) is 20.0. The first-order chi connectivity index (χ1) is 14.1. The average Bonchev–Trinajstić information content (AvgIpc) is 3.50. The number of fused-ring (bicyclic) bond motifs is 2. The lowest BCUT2D eigenvalue weighted by Gasteiger charge is -2.22. The number of nitrogens with zero attached hydrogens (tertiary/aromatic N) is 4. The number of hydrogen-bond donors (Lipinski definition) is 0. The summed E-state index contributed by atoms with van der Waals surface area (Å²) in [5, 5.41) is 10.7. The van der Waals surface area contributed by atoms with Crippen LogP contribution in [0.15, 0.2) is 46.6 Å². The monoisotopic (exact) mass is 408 g/mol. The van der Waals surface area contributed by atoms with Crippen molar-refractivity contribution in [2.24, 2.45) is 0 Å². The highest BCUT2D eigenvalue weighted by atomic mass is 32.1. The number of ether oxygens (including phenoxy) is 1. The van der Waals surface area contributed by atoms with Crippen molar-refractivity contribution in [2.45, 2.75) is 24.8 Å². The molecule has 7 nitrogen and oxygen atoms in total. The van der Waals surface area contributed by atoms with Crippen LogP contribution in [0.2, 0.25) is 0 Å². The Balaban J connectivity index is 1.45. The van der Waals surface area contributed by atoms with E-state index in [2.05, 4.69) is 10.2 Å². The second-order valence-corrected chi connectivity index (χ2v) is 8.49. The van der Waals surface area contributed by atoms with E-state index in [-0.39, 0.29) is 16.9 Å². The average molecular weight is 408 g/mol. The third kappa shape index (κ3) is 2.86. The van der Waals surface area contributed by atoms with Crippen molar-refractivity contribution >= 4 is 17.2 Å². The Kier molecular flexibility index (Phi) is 4.24. The number of rotatable bonds is 3. The summed E-state index contributed by atoms with van der Waals surface area (Å²) in [6.07, 6.45) is 1.61. The van der Waals surface area contributed by atoms with Gasteiger partial charge in [0.1, 0.15) is 11.6 Å². The van der Waals surface area contributed by atoms with Crippen LogP contribution in [-0.2, 0) is 12.0 Å². The Morgan fingerprint density at radius 1 is 1.14 bits per heavy atom. The van der Waals surface area contributed by atoms with Crippen LogP contribution in [0.3, 0.4) is 0 Å². The summed E-state index contributed by atoms with van der Waals surface area (Å²) in [5.74, 6) is 1.49. The third-order valence-corrected chi connectivity index (χ3v) is 6.83. The van der Waals surface area contributed by atoms with Crippen LogP contribution in [0.5, 0.6) is 5.75 Å². The van der Waals surface area contributed by atoms with Crippen LogP contribution in [0.25, 0.3) is 11.3 Å². The van der Waals surface area contributed by atoms with Gasteiger partial charge in [-0.2, -0.15) is 0 Å². The Bertz CT molecular complexity index is 1120. The molecule has 1 amide bonds. The van der Waals surface area contributed by atoms with Gasteiger partial charge in [0.25, 0.3) is 11.5 Å². The van der Waals surface area contributed by atoms with Gasteiger partial charge in [-0.1, -0.05) is 6.07 Å². The van der Waals surface area contributed by atoms with Crippen molar-refractivity contribution in [3.8, 4) is 17.0 Å². The number of aromatic nitrogens is 3. The maximum atomic E-state index is 13.1. The number of benzene rings is 1. The fourth-order valence-electron chi connectivity index (χ4n) is 4.37. The molecule has 148 valence electrons. The second kappa shape index (κ2) is 6.81. The summed E-state index contributed by atoms with van der Waals surface area (Å²) in [7, 11) is 1.60. The van der Waals surface area contributed by atoms with Crippen molar-refractivity contribution in [2.75, 3.05) is 20.2 Å². The molecule has 1 fully saturated rings. The lowest BCUT2D eigenvalue weighted by Crippen LogP contribution is -2.35. The molecule has 0 aliphatic carbocycles. The molecule has 29 heavy (non-hydrogen) atoms. The zero-order valence-corrected chi connectivity index (χ0v) is 16.8. The SMILES string of the molecule is COc1ccc(-c2nnc3n(c2=O)CCC32CCN(C(=O)c3cccs3)C2)cc1. The van der Waals surface area contributed by atoms with Gasteiger partial charge in [0.2, 0.25) is 0 Å². The van der Waals surface area contributed by atoms with E-state index >= 15 is 0 Å². The molecule has 4 heterocycles. The van der Waals surface area contributed by atoms with E-state index in [1.165, 1.54) is 11.3 Å². The summed E-state index contributed by atoms with van der Waals surface area (Å²) in [4.78, 5) is 28.5. The second-order valence-electron chi connectivity index (χ2n) is 7.54. The maximum Gasteiger partial charge on any atom is 0.280 e. The van der Waals surface area contributed by atoms with Gasteiger partial charge in [-0.3, -0.25) is 14.2 Å². The first-order valence-electron chi connectivity index (χ1n) is 9.56. The van der Waals surface area contributed by atoms with Crippen molar-refractivity contribution in [1.82, 2.24) is 19.7 Å². The molecule has 0 N–H and O–H groups in total. The fourth-order valence-corrected chi connectivity index (χ4v) is 5.06. The highest BCUT2D eigenvalue weighted by Crippen LogP contribution is 2.41. The molecule has 2 aromatic heterocycles. The van der Waals surface area contributed by atoms with Gasteiger partial charge >= 0.3 is 0 Å². The predicted octanol–water partition coefficient (Wildman–Crippen LogP) is 2.56. The largest absolute Gasteiger partial charge is 0.497 e. The summed E-state index contributed by atoms with van der Waals surface area (Å²) >= 11 is 1.46. The minimum Gasteiger partial charge on any atom is -0.497 e. The molecule has 1 aromatic carbocycles. The number of hydrogen-bond acceptors (Lipinski definition) is 6. The molecule has 3 aromatic rings. The smallest absolute Gasteiger partial charge is 0.280 e. The number of carbonyl (C=O) groups excluding carboxylic acids is 1. The Morgan fingerprint density at radius 3 is 2.66 bits per heavy atom. The molecule has 8 heteroatoms. The van der Waals surface area contributed by atoms with Crippen molar-refractivity contribution < 1.29 is 9.53 Å². The standard InChI is InChI=1S/C21H20N4O3S/c1-28-15-6-4-14(5-7-15)17-19(27)25-11-9-21(20(25)23-22-17)8-10-24(13-21)18(26)16-3-2-12-29-16/h2-7,12H,8-11,13H2,1H3. The Labute approximate surface area is 171 Å². The quantitative estimate of drug-likeness (QED) is 0.666. The van der Waals surface area contributed by atoms with Crippen LogP contribution in [-0.4, -0.2) is 45.8 Å². The van der Waals surface area contributed by atoms with Gasteiger partial charge in [0, 0.05) is 25.2 Å². The molecule has 1 saturated heterocycles. The van der Waals surface area contributed by atoms with Gasteiger partial charge in [-0.15, -0.1) is 21.5 Å². The van der Waals surface area contributed by atoms with Crippen molar-refractivity contribution in [3.63, 3.8) is 0 Å². The van der Waals surface area contributed by atoms with Crippen LogP contribution in [0.1, 0.15) is 28.3 Å². The first-order valence-corrected chi connectivity index (χ1v) is 10.4. The van der Waals surface area contributed by atoms with Crippen LogP contribution >= 0.6 is 11.3 Å². The third-order valence-electron chi connectivity index (χ3n) is 5.97. The Morgan fingerprint density at radius 2 is 1.93 bits per heavy atom. The minimum absolute atomic E-state index is 0.0560. The number of likely N-dealkylation sites (tertiary alicyclic amines) is 1. The fraction of sp³-hybridized carbons (Fsp3) is 0.333. The summed E-state index contributed by atoms with van der Waals surface area (Å²) < 4.78 is 6.92. The number of methoxy groups -OCH3 is 1. The molecule has 5 rings (SSSR count). The number of amides is 1. The topological polar surface area (TPSA) is 77.3 Å². The Hall–Kier alpha value is -3.00. The van der Waals surface area contributed by atoms with E-state index in [4.69, 9.17) is 4.74 Å². The van der Waals surface area contributed by atoms with Gasteiger partial charge < -0.3 is 9.64 Å². The molecule has 0 saturated carbocycles. The number of thiophene rings is 1. The van der Waals surface area contributed by atoms with E-state index in [9.17, 15) is 9.59 Å². The van der Waals surface area contributed by atoms with Gasteiger partial charge in [-0.05, 0) is 48.6 Å². The molecular weight excluding hydrogens is 388 g/mol. The van der Waals surface area contributed by atoms with Crippen LogP contribution < -0.4 is 10.3 Å². The van der Waals surface area contributed by atoms with Crippen LogP contribution in [0, 0.1) is 0 Å². The zero-order valence-electron chi connectivity index (χ0n) is 16.0. The van der Waals surface area contributed by atoms with Crippen LogP contribution in [0.4, 0.5) is 0 Å². The highest BCUT2D eigenvalue weighted by Gasteiger charge is 2.48. The van der Waals surface area contributed by atoms with Crippen molar-refractivity contribution in [3.05, 3.63) is 62.8 Å². The molecule has 2 aliphatic rings. The molecular formula is C21H20N4O3S. The van der Waals surface area contributed by atoms with E-state index in [1.54, 1.807) is 23.8 Å². The molecule has 1 atom stereocenters. The molecule has 2 aliphatic heterocycles. The van der Waals surface area contributed by atoms with E-state index in [0.29, 0.717) is 31.2 Å². The predicted molar refractivity (Wildman–Crippen MR) is 109 cm³/mol. The molecule has 1 spiro atoms.